The Labute approximate surface area is 645 Å². The highest BCUT2D eigenvalue weighted by Crippen LogP contribution is 2.58. The zero-order valence-corrected chi connectivity index (χ0v) is 62.5. The van der Waals surface area contributed by atoms with Crippen LogP contribution in [0.4, 0.5) is 0 Å². The van der Waals surface area contributed by atoms with Gasteiger partial charge < -0.3 is 18.5 Å². The predicted molar refractivity (Wildman–Crippen MR) is 467 cm³/mol. The van der Waals surface area contributed by atoms with Crippen molar-refractivity contribution < 1.29 is 18.5 Å². The van der Waals surface area contributed by atoms with Gasteiger partial charge in [-0.25, -0.2) is 0 Å². The van der Waals surface area contributed by atoms with Gasteiger partial charge in [-0.3, -0.25) is 0 Å². The van der Waals surface area contributed by atoms with Crippen LogP contribution in [0.1, 0.15) is 49.9 Å². The van der Waals surface area contributed by atoms with Crippen LogP contribution in [0.15, 0.2) is 353 Å². The van der Waals surface area contributed by atoms with E-state index in [2.05, 4.69) is 347 Å². The molecule has 2 aromatic heterocycles. The Morgan fingerprint density at radius 2 is 0.545 bits per heavy atom. The van der Waals surface area contributed by atoms with Crippen molar-refractivity contribution in [3.8, 4) is 72.5 Å². The molecule has 0 aliphatic heterocycles. The lowest BCUT2D eigenvalue weighted by molar-refractivity contribution is 0.454. The van der Waals surface area contributed by atoms with Crippen LogP contribution in [0.2, 0.25) is 0 Å². The zero-order chi connectivity index (χ0) is 73.7. The second-order valence-corrected chi connectivity index (χ2v) is 31.4. The molecule has 4 nitrogen and oxygen atoms in total. The van der Waals surface area contributed by atoms with Crippen LogP contribution < -0.4 is 4.65 Å². The number of furan rings is 2. The van der Waals surface area contributed by atoms with E-state index in [0.29, 0.717) is 13.4 Å². The summed E-state index contributed by atoms with van der Waals surface area (Å²) in [5.74, 6) is 0.588. The molecule has 21 aromatic rings. The minimum atomic E-state index is -0.128. The molecule has 0 saturated heterocycles. The number of para-hydroxylation sites is 2. The van der Waals surface area contributed by atoms with Crippen LogP contribution in [-0.4, -0.2) is 12.7 Å². The molecule has 0 saturated carbocycles. The fourth-order valence-electron chi connectivity index (χ4n) is 19.2. The molecule has 1 radical (unpaired) electrons. The normalized spacial score (nSPS) is 13.1. The Morgan fingerprint density at radius 3 is 0.936 bits per heavy atom. The third-order valence-corrected chi connectivity index (χ3v) is 24.3. The Kier molecular flexibility index (Phi) is 15.1. The molecule has 0 fully saturated rings. The summed E-state index contributed by atoms with van der Waals surface area (Å²) in [4.78, 5) is 0. The summed E-state index contributed by atoms with van der Waals surface area (Å²) in [7, 11) is 0.716. The van der Waals surface area contributed by atoms with Gasteiger partial charge in [-0.15, -0.1) is 0 Å². The monoisotopic (exact) mass is 1470 g/mol. The maximum Gasteiger partial charge on any atom is 0.569 e. The van der Waals surface area contributed by atoms with Gasteiger partial charge in [0.2, 0.25) is 0 Å². The second-order valence-electron chi connectivity index (χ2n) is 30.4. The average molecular weight is 1470 g/mol. The molecule has 2 aliphatic rings. The lowest BCUT2D eigenvalue weighted by Gasteiger charge is -2.24. The molecule has 2 heterocycles. The van der Waals surface area contributed by atoms with E-state index in [1.165, 1.54) is 148 Å². The topological polar surface area (TPSA) is 55.7 Å². The number of rotatable bonds is 6. The largest absolute Gasteiger partial charge is 0.569 e. The quantitative estimate of drug-likeness (QED) is 0.102. The van der Waals surface area contributed by atoms with Gasteiger partial charge in [0, 0.05) is 36.8 Å². The molecule has 6 heteroatoms. The van der Waals surface area contributed by atoms with E-state index in [0.717, 1.165) is 75.8 Å². The van der Waals surface area contributed by atoms with Gasteiger partial charge in [0.05, 0.1) is 0 Å². The lowest BCUT2D eigenvalue weighted by Crippen LogP contribution is -2.15. The van der Waals surface area contributed by atoms with Gasteiger partial charge in [-0.2, -0.15) is 0 Å². The first-order chi connectivity index (χ1) is 54.0. The van der Waals surface area contributed by atoms with Gasteiger partial charge in [-0.1, -0.05) is 317 Å². The van der Waals surface area contributed by atoms with Crippen molar-refractivity contribution in [3.05, 3.63) is 366 Å². The van der Waals surface area contributed by atoms with Crippen LogP contribution in [0, 0.1) is 0 Å². The number of hydrogen-bond acceptors (Lipinski definition) is 4. The number of fused-ring (bicyclic) bond motifs is 26. The molecule has 19 aromatic carbocycles. The fraction of sp³-hybridized carbons (Fsp3) is 0.0577. The van der Waals surface area contributed by atoms with E-state index in [4.69, 9.17) is 18.5 Å². The summed E-state index contributed by atoms with van der Waals surface area (Å²) in [5, 5.41) is 34.2. The molecule has 0 unspecified atom stereocenters. The Morgan fingerprint density at radius 1 is 0.255 bits per heavy atom. The highest BCUT2D eigenvalue weighted by atomic mass is 79.9. The molecule has 0 bridgehead atoms. The first-order valence-corrected chi connectivity index (χ1v) is 38.5. The summed E-state index contributed by atoms with van der Waals surface area (Å²) in [6, 6.07) is 122. The Hall–Kier alpha value is -12.8. The Balaban J connectivity index is 0.000000112. The smallest absolute Gasteiger partial charge is 0.537 e. The van der Waals surface area contributed by atoms with Crippen molar-refractivity contribution in [2.75, 3.05) is 0 Å². The molecule has 0 spiro atoms. The first kappa shape index (κ1) is 65.5. The van der Waals surface area contributed by atoms with Crippen LogP contribution in [0.5, 0.6) is 5.75 Å². The third kappa shape index (κ3) is 10.0. The third-order valence-electron chi connectivity index (χ3n) is 23.8. The van der Waals surface area contributed by atoms with Gasteiger partial charge in [-0.05, 0) is 242 Å². The summed E-state index contributed by atoms with van der Waals surface area (Å²) in [5.41, 5.74) is 24.3. The summed E-state index contributed by atoms with van der Waals surface area (Å²) < 4.78 is 18.7. The minimum absolute atomic E-state index is 0.00893. The van der Waals surface area contributed by atoms with Crippen molar-refractivity contribution in [2.24, 2.45) is 0 Å². The molecular formula is C104H69BBrO4. The maximum absolute atomic E-state index is 9.16. The van der Waals surface area contributed by atoms with Gasteiger partial charge in [0.25, 0.3) is 0 Å². The highest BCUT2D eigenvalue weighted by molar-refractivity contribution is 9.10. The van der Waals surface area contributed by atoms with Crippen molar-refractivity contribution in [1.82, 2.24) is 0 Å². The minimum Gasteiger partial charge on any atom is -0.537 e. The second kappa shape index (κ2) is 25.4. The fourth-order valence-corrected chi connectivity index (χ4v) is 19.5. The predicted octanol–water partition coefficient (Wildman–Crippen LogP) is 29.0. The van der Waals surface area contributed by atoms with Crippen LogP contribution >= 0.6 is 15.9 Å². The van der Waals surface area contributed by atoms with Crippen molar-refractivity contribution in [2.45, 2.75) is 38.5 Å². The van der Waals surface area contributed by atoms with Crippen molar-refractivity contribution in [1.29, 1.82) is 0 Å². The SMILES string of the molecule is CC1(C)c2ccc(-c3c4ccccc4c(-c4ccc5oc6ccccc6c5c4)c4ccccc34)cc2-c2c1c1ccccc1c1ccccc21.CC1(C)c2ccc(Br)cc2-c2c1c1ccccc1c1ccccc21.O[B]Oc1cccc(-c2c3ccccc3c(-c3ccc4oc5ccccc5c4c3)c3ccccc23)c1. The van der Waals surface area contributed by atoms with Crippen LogP contribution in [0.25, 0.3) is 197 Å². The van der Waals surface area contributed by atoms with Gasteiger partial charge >= 0.3 is 7.69 Å². The molecule has 519 valence electrons. The average Bonchev–Trinajstić information content (AvgIpc) is 1.53. The van der Waals surface area contributed by atoms with Gasteiger partial charge in [0.15, 0.2) is 0 Å². The molecule has 23 rings (SSSR count). The van der Waals surface area contributed by atoms with Crippen LogP contribution in [-0.2, 0) is 10.8 Å². The van der Waals surface area contributed by atoms with E-state index in [9.17, 15) is 0 Å². The molecule has 0 amide bonds. The highest BCUT2D eigenvalue weighted by Gasteiger charge is 2.40. The van der Waals surface area contributed by atoms with Crippen molar-refractivity contribution >= 4 is 154 Å². The zero-order valence-electron chi connectivity index (χ0n) is 61.0. The molecule has 2 aliphatic carbocycles. The summed E-state index contributed by atoms with van der Waals surface area (Å²) >= 11 is 3.67. The molecular weight excluding hydrogens is 1400 g/mol. The molecule has 110 heavy (non-hydrogen) atoms. The lowest BCUT2D eigenvalue weighted by atomic mass is 9.79. The number of benzene rings is 19. The maximum atomic E-state index is 9.16. The standard InChI is InChI=1S/C49H32O.C32H20BO3.C23H17Br/c1-49(2)42-25-23-29(28-41(42)47-34-16-5-3-13-31(34)32-14-4-10-21-39(32)48(47)49)45-35-17-6-8-19-37(35)46(38-20-9-7-18-36(38)45)30-24-26-44-40(27-30)33-15-11-12-22-43(33)50-44;34-33-36-22-9-7-8-20(18-22)31-24-11-1-3-13-26(24)32(27-14-4-2-12-25(27)31)21-16-17-30-28(19-21)23-10-5-6-15-29(23)35-30;1-23(2)20-12-11-14(24)13-19(20)21-17-9-5-3-7-15(17)16-8-4-6-10-18(16)22(21)23/h3-28H,1-2H3;1-19,34H;3-13H,1-2H3. The Bertz CT molecular complexity index is 7350. The van der Waals surface area contributed by atoms with E-state index in [1.54, 1.807) is 0 Å². The molecule has 0 atom stereocenters. The number of halogens is 1. The van der Waals surface area contributed by atoms with E-state index >= 15 is 0 Å². The van der Waals surface area contributed by atoms with Crippen LogP contribution in [0.3, 0.4) is 0 Å². The first-order valence-electron chi connectivity index (χ1n) is 37.8. The van der Waals surface area contributed by atoms with Gasteiger partial charge in [0.1, 0.15) is 28.1 Å². The van der Waals surface area contributed by atoms with E-state index in [-0.39, 0.29) is 10.8 Å². The van der Waals surface area contributed by atoms with E-state index in [1.807, 2.05) is 36.4 Å². The van der Waals surface area contributed by atoms with Crippen molar-refractivity contribution in [3.63, 3.8) is 0 Å². The van der Waals surface area contributed by atoms with E-state index < -0.39 is 0 Å². The summed E-state index contributed by atoms with van der Waals surface area (Å²) in [6.45, 7) is 9.51. The summed E-state index contributed by atoms with van der Waals surface area (Å²) in [6.07, 6.45) is 0. The molecule has 1 N–H and O–H groups in total. The number of hydrogen-bond donors (Lipinski definition) is 1.